The second kappa shape index (κ2) is 5.68. The number of hydrogen-bond acceptors (Lipinski definition) is 3. The fourth-order valence-corrected chi connectivity index (χ4v) is 1.64. The minimum absolute atomic E-state index is 0.0847. The third-order valence-electron chi connectivity index (χ3n) is 2.73. The molecule has 0 fully saturated rings. The van der Waals surface area contributed by atoms with Gasteiger partial charge in [0, 0.05) is 6.07 Å². The lowest BCUT2D eigenvalue weighted by Crippen LogP contribution is -1.95. The van der Waals surface area contributed by atoms with Crippen LogP contribution in [0.5, 0.6) is 11.5 Å². The van der Waals surface area contributed by atoms with Crippen LogP contribution < -0.4 is 4.74 Å². The molecule has 0 radical (unpaired) electrons. The lowest BCUT2D eigenvalue weighted by Gasteiger charge is -2.10. The highest BCUT2D eigenvalue weighted by atomic mass is 19.1. The van der Waals surface area contributed by atoms with Gasteiger partial charge in [0.05, 0.1) is 11.7 Å². The molecule has 2 rings (SSSR count). The van der Waals surface area contributed by atoms with E-state index in [0.29, 0.717) is 5.56 Å². The molecule has 2 aromatic carbocycles. The van der Waals surface area contributed by atoms with Crippen LogP contribution in [0, 0.1) is 23.0 Å². The lowest BCUT2D eigenvalue weighted by atomic mass is 10.1. The molecule has 1 N–H and O–H groups in total. The number of rotatable bonds is 3. The molecule has 0 amide bonds. The highest BCUT2D eigenvalue weighted by molar-refractivity contribution is 5.39. The molecule has 0 bridgehead atoms. The van der Waals surface area contributed by atoms with Crippen LogP contribution in [-0.2, 0) is 0 Å². The van der Waals surface area contributed by atoms with Crippen molar-refractivity contribution in [3.05, 3.63) is 59.2 Å². The summed E-state index contributed by atoms with van der Waals surface area (Å²) < 4.78 is 32.4. The number of nitrogens with zero attached hydrogens (tertiary/aromatic N) is 1. The third kappa shape index (κ3) is 2.92. The van der Waals surface area contributed by atoms with E-state index < -0.39 is 17.7 Å². The van der Waals surface area contributed by atoms with Crippen molar-refractivity contribution in [2.75, 3.05) is 0 Å². The molecule has 0 aliphatic carbocycles. The number of aliphatic hydroxyl groups is 1. The first kappa shape index (κ1) is 14.0. The molecule has 0 aliphatic heterocycles. The smallest absolute Gasteiger partial charge is 0.166 e. The molecule has 5 heteroatoms. The van der Waals surface area contributed by atoms with E-state index in [0.717, 1.165) is 12.1 Å². The van der Waals surface area contributed by atoms with Crippen molar-refractivity contribution in [3.63, 3.8) is 0 Å². The molecular formula is C15H11F2NO2. The van der Waals surface area contributed by atoms with E-state index >= 15 is 0 Å². The molecule has 0 heterocycles. The summed E-state index contributed by atoms with van der Waals surface area (Å²) in [5.41, 5.74) is 0.308. The molecule has 3 nitrogen and oxygen atoms in total. The van der Waals surface area contributed by atoms with Gasteiger partial charge in [-0.1, -0.05) is 6.07 Å². The maximum Gasteiger partial charge on any atom is 0.166 e. The highest BCUT2D eigenvalue weighted by Gasteiger charge is 2.10. The van der Waals surface area contributed by atoms with E-state index in [1.54, 1.807) is 6.07 Å². The van der Waals surface area contributed by atoms with Crippen LogP contribution >= 0.6 is 0 Å². The zero-order valence-corrected chi connectivity index (χ0v) is 10.6. The summed E-state index contributed by atoms with van der Waals surface area (Å²) >= 11 is 0. The molecule has 0 aliphatic rings. The fraction of sp³-hybridized carbons (Fsp3) is 0.133. The Kier molecular flexibility index (Phi) is 3.97. The van der Waals surface area contributed by atoms with Gasteiger partial charge in [-0.05, 0) is 36.8 Å². The maximum atomic E-state index is 13.8. The Morgan fingerprint density at radius 3 is 2.45 bits per heavy atom. The molecule has 1 atom stereocenters. The third-order valence-corrected chi connectivity index (χ3v) is 2.73. The molecule has 0 saturated heterocycles. The minimum Gasteiger partial charge on any atom is -0.454 e. The van der Waals surface area contributed by atoms with Crippen molar-refractivity contribution < 1.29 is 18.6 Å². The Bertz CT molecular complexity index is 678. The first-order valence-electron chi connectivity index (χ1n) is 5.86. The quantitative estimate of drug-likeness (QED) is 0.929. The van der Waals surface area contributed by atoms with Gasteiger partial charge in [-0.15, -0.1) is 0 Å². The van der Waals surface area contributed by atoms with Gasteiger partial charge in [-0.2, -0.15) is 5.26 Å². The van der Waals surface area contributed by atoms with Gasteiger partial charge >= 0.3 is 0 Å². The summed E-state index contributed by atoms with van der Waals surface area (Å²) in [7, 11) is 0. The lowest BCUT2D eigenvalue weighted by molar-refractivity contribution is 0.198. The molecule has 0 aromatic heterocycles. The van der Waals surface area contributed by atoms with Gasteiger partial charge in [0.15, 0.2) is 11.6 Å². The van der Waals surface area contributed by atoms with Gasteiger partial charge < -0.3 is 9.84 Å². The molecule has 102 valence electrons. The van der Waals surface area contributed by atoms with E-state index in [1.807, 2.05) is 0 Å². The first-order valence-corrected chi connectivity index (χ1v) is 5.86. The monoisotopic (exact) mass is 275 g/mol. The van der Waals surface area contributed by atoms with Gasteiger partial charge in [0.1, 0.15) is 17.6 Å². The molecule has 20 heavy (non-hydrogen) atoms. The number of nitriles is 1. The summed E-state index contributed by atoms with van der Waals surface area (Å²) in [5.74, 6) is -1.39. The summed E-state index contributed by atoms with van der Waals surface area (Å²) in [6.45, 7) is 1.52. The van der Waals surface area contributed by atoms with Crippen molar-refractivity contribution in [2.45, 2.75) is 13.0 Å². The average molecular weight is 275 g/mol. The van der Waals surface area contributed by atoms with Gasteiger partial charge in [-0.3, -0.25) is 0 Å². The number of aliphatic hydroxyl groups excluding tert-OH is 1. The molecule has 0 unspecified atom stereocenters. The van der Waals surface area contributed by atoms with Crippen LogP contribution in [0.4, 0.5) is 8.78 Å². The highest BCUT2D eigenvalue weighted by Crippen LogP contribution is 2.27. The minimum atomic E-state index is -0.786. The summed E-state index contributed by atoms with van der Waals surface area (Å²) in [4.78, 5) is 0. The van der Waals surface area contributed by atoms with Gasteiger partial charge in [0.2, 0.25) is 0 Å². The molecular weight excluding hydrogens is 264 g/mol. The zero-order valence-electron chi connectivity index (χ0n) is 10.6. The van der Waals surface area contributed by atoms with Crippen LogP contribution in [0.25, 0.3) is 0 Å². The van der Waals surface area contributed by atoms with Crippen LogP contribution in [0.3, 0.4) is 0 Å². The largest absolute Gasteiger partial charge is 0.454 e. The molecule has 2 aromatic rings. The Balaban J connectivity index is 2.26. The zero-order chi connectivity index (χ0) is 14.7. The number of ether oxygens (including phenoxy) is 1. The SMILES string of the molecule is C[C@@H](O)c1ccc(Oc2ccc(C#N)c(F)c2)c(F)c1. The van der Waals surface area contributed by atoms with Crippen molar-refractivity contribution >= 4 is 0 Å². The topological polar surface area (TPSA) is 53.2 Å². The summed E-state index contributed by atoms with van der Waals surface area (Å²) in [5, 5.41) is 17.9. The predicted octanol–water partition coefficient (Wildman–Crippen LogP) is 3.68. The predicted molar refractivity (Wildman–Crippen MR) is 68.2 cm³/mol. The maximum absolute atomic E-state index is 13.8. The Labute approximate surface area is 114 Å². The standard InChI is InChI=1S/C15H11F2NO2/c1-9(19)10-3-5-15(14(17)6-10)20-12-4-2-11(8-18)13(16)7-12/h2-7,9,19H,1H3/t9-/m1/s1. The van der Waals surface area contributed by atoms with E-state index in [-0.39, 0.29) is 17.1 Å². The normalized spacial score (nSPS) is 11.8. The number of hydrogen-bond donors (Lipinski definition) is 1. The Morgan fingerprint density at radius 1 is 1.15 bits per heavy atom. The van der Waals surface area contributed by atoms with Crippen LogP contribution in [-0.4, -0.2) is 5.11 Å². The van der Waals surface area contributed by atoms with Crippen LogP contribution in [0.2, 0.25) is 0 Å². The van der Waals surface area contributed by atoms with Crippen molar-refractivity contribution in [2.24, 2.45) is 0 Å². The van der Waals surface area contributed by atoms with Gasteiger partial charge in [0.25, 0.3) is 0 Å². The second-order valence-electron chi connectivity index (χ2n) is 4.22. The van der Waals surface area contributed by atoms with E-state index in [4.69, 9.17) is 10.00 Å². The number of benzene rings is 2. The van der Waals surface area contributed by atoms with Crippen LogP contribution in [0.15, 0.2) is 36.4 Å². The van der Waals surface area contributed by atoms with Crippen molar-refractivity contribution in [3.8, 4) is 17.6 Å². The summed E-state index contributed by atoms with van der Waals surface area (Å²) in [6.07, 6.45) is -0.786. The van der Waals surface area contributed by atoms with Gasteiger partial charge in [-0.25, -0.2) is 8.78 Å². The van der Waals surface area contributed by atoms with Crippen molar-refractivity contribution in [1.82, 2.24) is 0 Å². The van der Waals surface area contributed by atoms with Crippen molar-refractivity contribution in [1.29, 1.82) is 5.26 Å². The molecule has 0 spiro atoms. The summed E-state index contributed by atoms with van der Waals surface area (Å²) in [6, 6.07) is 9.36. The van der Waals surface area contributed by atoms with E-state index in [9.17, 15) is 13.9 Å². The van der Waals surface area contributed by atoms with Crippen LogP contribution in [0.1, 0.15) is 24.2 Å². The van der Waals surface area contributed by atoms with E-state index in [1.165, 1.54) is 31.2 Å². The first-order chi connectivity index (χ1) is 9.51. The Hall–Kier alpha value is -2.45. The average Bonchev–Trinajstić information content (AvgIpc) is 2.41. The molecule has 0 saturated carbocycles. The second-order valence-corrected chi connectivity index (χ2v) is 4.22. The van der Waals surface area contributed by atoms with E-state index in [2.05, 4.69) is 0 Å². The Morgan fingerprint density at radius 2 is 1.90 bits per heavy atom. The fourth-order valence-electron chi connectivity index (χ4n) is 1.64. The number of halogens is 2.